The summed E-state index contributed by atoms with van der Waals surface area (Å²) in [6.45, 7) is 12.4. The van der Waals surface area contributed by atoms with Crippen molar-refractivity contribution in [2.45, 2.75) is 60.1 Å². The molecule has 0 saturated heterocycles. The van der Waals surface area contributed by atoms with E-state index in [1.165, 1.54) is 0 Å². The molecule has 0 radical (unpaired) electrons. The lowest BCUT2D eigenvalue weighted by Gasteiger charge is -2.29. The van der Waals surface area contributed by atoms with Crippen LogP contribution in [0.1, 0.15) is 46.0 Å². The standard InChI is InChI=1S/C16H28BrN3O3/c1-7-20-12(13(17)11(2)19-20)8-16(6,10-21)9-18-14(22)23-15(3,4)5/h21H,7-10H2,1-6H3,(H,18,22). The summed E-state index contributed by atoms with van der Waals surface area (Å²) in [7, 11) is 0. The molecule has 1 aromatic rings. The number of rotatable bonds is 6. The molecule has 0 fully saturated rings. The van der Waals surface area contributed by atoms with Gasteiger partial charge in [0.2, 0.25) is 0 Å². The van der Waals surface area contributed by atoms with Crippen LogP contribution in [0.5, 0.6) is 0 Å². The molecule has 1 heterocycles. The third-order valence-corrected chi connectivity index (χ3v) is 4.52. The lowest BCUT2D eigenvalue weighted by atomic mass is 9.86. The third-order valence-electron chi connectivity index (χ3n) is 3.49. The minimum atomic E-state index is -0.541. The van der Waals surface area contributed by atoms with Gasteiger partial charge in [-0.15, -0.1) is 0 Å². The quantitative estimate of drug-likeness (QED) is 0.783. The summed E-state index contributed by atoms with van der Waals surface area (Å²) in [4.78, 5) is 11.8. The number of aryl methyl sites for hydroxylation is 2. The minimum Gasteiger partial charge on any atom is -0.444 e. The number of aliphatic hydroxyl groups excluding tert-OH is 1. The summed E-state index contributed by atoms with van der Waals surface area (Å²) in [6.07, 6.45) is 0.116. The maximum absolute atomic E-state index is 11.8. The number of nitrogens with one attached hydrogen (secondary N) is 1. The molecule has 0 aliphatic rings. The predicted octanol–water partition coefficient (Wildman–Crippen LogP) is 3.04. The van der Waals surface area contributed by atoms with Crippen molar-refractivity contribution < 1.29 is 14.6 Å². The molecule has 2 N–H and O–H groups in total. The number of ether oxygens (including phenoxy) is 1. The Hall–Kier alpha value is -1.08. The van der Waals surface area contributed by atoms with Crippen LogP contribution in [0.4, 0.5) is 4.79 Å². The van der Waals surface area contributed by atoms with Gasteiger partial charge in [-0.3, -0.25) is 4.68 Å². The van der Waals surface area contributed by atoms with E-state index in [2.05, 4.69) is 26.3 Å². The molecule has 1 atom stereocenters. The number of halogens is 1. The zero-order valence-corrected chi connectivity index (χ0v) is 16.5. The van der Waals surface area contributed by atoms with Gasteiger partial charge in [0.15, 0.2) is 0 Å². The second-order valence-corrected chi connectivity index (χ2v) is 7.96. The molecule has 1 aromatic heterocycles. The molecule has 0 aromatic carbocycles. The lowest BCUT2D eigenvalue weighted by Crippen LogP contribution is -2.42. The Balaban J connectivity index is 2.80. The second-order valence-electron chi connectivity index (χ2n) is 7.16. The Morgan fingerprint density at radius 1 is 1.39 bits per heavy atom. The first-order chi connectivity index (χ1) is 10.5. The fraction of sp³-hybridized carbons (Fsp3) is 0.750. The van der Waals surface area contributed by atoms with Gasteiger partial charge in [0, 0.05) is 18.5 Å². The Kier molecular flexibility index (Phi) is 6.65. The van der Waals surface area contributed by atoms with Crippen LogP contribution in [0.25, 0.3) is 0 Å². The van der Waals surface area contributed by atoms with Crippen molar-refractivity contribution >= 4 is 22.0 Å². The van der Waals surface area contributed by atoms with Crippen molar-refractivity contribution in [2.24, 2.45) is 5.41 Å². The highest BCUT2D eigenvalue weighted by Crippen LogP contribution is 2.28. The number of hydrogen-bond acceptors (Lipinski definition) is 4. The van der Waals surface area contributed by atoms with Gasteiger partial charge in [0.25, 0.3) is 0 Å². The number of aromatic nitrogens is 2. The highest BCUT2D eigenvalue weighted by molar-refractivity contribution is 9.10. The largest absolute Gasteiger partial charge is 0.444 e. The van der Waals surface area contributed by atoms with Crippen molar-refractivity contribution in [2.75, 3.05) is 13.2 Å². The van der Waals surface area contributed by atoms with Crippen LogP contribution in [0.3, 0.4) is 0 Å². The van der Waals surface area contributed by atoms with E-state index in [1.54, 1.807) is 0 Å². The molecule has 1 unspecified atom stereocenters. The van der Waals surface area contributed by atoms with E-state index in [4.69, 9.17) is 4.74 Å². The van der Waals surface area contributed by atoms with E-state index in [1.807, 2.05) is 46.2 Å². The number of nitrogens with zero attached hydrogens (tertiary/aromatic N) is 2. The molecule has 0 aliphatic carbocycles. The third kappa shape index (κ3) is 5.80. The Morgan fingerprint density at radius 3 is 2.48 bits per heavy atom. The maximum Gasteiger partial charge on any atom is 0.407 e. The first kappa shape index (κ1) is 20.0. The van der Waals surface area contributed by atoms with Crippen LogP contribution in [0, 0.1) is 12.3 Å². The Labute approximate surface area is 146 Å². The number of carbonyl (C=O) groups excluding carboxylic acids is 1. The summed E-state index contributed by atoms with van der Waals surface area (Å²) >= 11 is 3.57. The van der Waals surface area contributed by atoms with Gasteiger partial charge in [-0.1, -0.05) is 6.92 Å². The summed E-state index contributed by atoms with van der Waals surface area (Å²) in [5, 5.41) is 17.0. The molecule has 7 heteroatoms. The normalized spacial score (nSPS) is 14.4. The van der Waals surface area contributed by atoms with Crippen LogP contribution in [-0.4, -0.2) is 39.7 Å². The molecule has 0 spiro atoms. The summed E-state index contributed by atoms with van der Waals surface area (Å²) in [6, 6.07) is 0. The summed E-state index contributed by atoms with van der Waals surface area (Å²) in [5.41, 5.74) is 0.897. The van der Waals surface area contributed by atoms with Crippen LogP contribution in [0.15, 0.2) is 4.47 Å². The minimum absolute atomic E-state index is 0.0524. The number of aliphatic hydroxyl groups is 1. The van der Waals surface area contributed by atoms with Gasteiger partial charge in [-0.05, 0) is 57.0 Å². The van der Waals surface area contributed by atoms with Gasteiger partial charge in [-0.25, -0.2) is 4.79 Å². The van der Waals surface area contributed by atoms with Gasteiger partial charge in [-0.2, -0.15) is 5.10 Å². The molecule has 6 nitrogen and oxygen atoms in total. The molecular weight excluding hydrogens is 362 g/mol. The van der Waals surface area contributed by atoms with Crippen LogP contribution in [-0.2, 0) is 17.7 Å². The molecule has 0 saturated carbocycles. The summed E-state index contributed by atoms with van der Waals surface area (Å²) in [5.74, 6) is 0. The van der Waals surface area contributed by atoms with Gasteiger partial charge >= 0.3 is 6.09 Å². The monoisotopic (exact) mass is 389 g/mol. The van der Waals surface area contributed by atoms with Crippen LogP contribution >= 0.6 is 15.9 Å². The Bertz CT molecular complexity index is 552. The molecule has 0 bridgehead atoms. The molecular formula is C16H28BrN3O3. The van der Waals surface area contributed by atoms with E-state index < -0.39 is 17.1 Å². The van der Waals surface area contributed by atoms with Gasteiger partial charge < -0.3 is 15.2 Å². The van der Waals surface area contributed by atoms with Crippen molar-refractivity contribution in [1.82, 2.24) is 15.1 Å². The highest BCUT2D eigenvalue weighted by Gasteiger charge is 2.29. The number of alkyl carbamates (subject to hydrolysis) is 1. The van der Waals surface area contributed by atoms with Gasteiger partial charge in [0.05, 0.1) is 22.5 Å². The van der Waals surface area contributed by atoms with E-state index in [0.29, 0.717) is 13.0 Å². The molecule has 23 heavy (non-hydrogen) atoms. The molecule has 1 amide bonds. The van der Waals surface area contributed by atoms with Crippen LogP contribution in [0.2, 0.25) is 0 Å². The molecule has 1 rings (SSSR count). The van der Waals surface area contributed by atoms with Gasteiger partial charge in [0.1, 0.15) is 5.60 Å². The molecule has 132 valence electrons. The average molecular weight is 390 g/mol. The fourth-order valence-electron chi connectivity index (χ4n) is 2.22. The first-order valence-electron chi connectivity index (χ1n) is 7.81. The average Bonchev–Trinajstić information content (AvgIpc) is 2.71. The zero-order chi connectivity index (χ0) is 17.8. The van der Waals surface area contributed by atoms with Crippen molar-refractivity contribution in [3.8, 4) is 0 Å². The fourth-order valence-corrected chi connectivity index (χ4v) is 2.64. The van der Waals surface area contributed by atoms with E-state index in [9.17, 15) is 9.90 Å². The first-order valence-corrected chi connectivity index (χ1v) is 8.60. The van der Waals surface area contributed by atoms with Crippen molar-refractivity contribution in [3.63, 3.8) is 0 Å². The maximum atomic E-state index is 11.8. The van der Waals surface area contributed by atoms with E-state index >= 15 is 0 Å². The lowest BCUT2D eigenvalue weighted by molar-refractivity contribution is 0.0477. The van der Waals surface area contributed by atoms with E-state index in [0.717, 1.165) is 22.4 Å². The molecule has 0 aliphatic heterocycles. The smallest absolute Gasteiger partial charge is 0.407 e. The van der Waals surface area contributed by atoms with E-state index in [-0.39, 0.29) is 6.61 Å². The number of carbonyl (C=O) groups is 1. The topological polar surface area (TPSA) is 76.4 Å². The van der Waals surface area contributed by atoms with Crippen molar-refractivity contribution in [3.05, 3.63) is 15.9 Å². The number of amides is 1. The second kappa shape index (κ2) is 7.66. The highest BCUT2D eigenvalue weighted by atomic mass is 79.9. The predicted molar refractivity (Wildman–Crippen MR) is 93.5 cm³/mol. The van der Waals surface area contributed by atoms with Crippen LogP contribution < -0.4 is 5.32 Å². The summed E-state index contributed by atoms with van der Waals surface area (Å²) < 4.78 is 8.11. The Morgan fingerprint density at radius 2 is 2.00 bits per heavy atom. The zero-order valence-electron chi connectivity index (χ0n) is 14.9. The van der Waals surface area contributed by atoms with Crippen molar-refractivity contribution in [1.29, 1.82) is 0 Å². The SMILES string of the molecule is CCn1nc(C)c(Br)c1CC(C)(CO)CNC(=O)OC(C)(C)C. The number of hydrogen-bond donors (Lipinski definition) is 2.